The van der Waals surface area contributed by atoms with E-state index in [0.717, 1.165) is 22.2 Å². The highest BCUT2D eigenvalue weighted by molar-refractivity contribution is 6.63. The van der Waals surface area contributed by atoms with Gasteiger partial charge in [-0.25, -0.2) is 0 Å². The van der Waals surface area contributed by atoms with E-state index in [9.17, 15) is 0 Å². The van der Waals surface area contributed by atoms with Crippen LogP contribution in [0.1, 0.15) is 47.1 Å². The van der Waals surface area contributed by atoms with Crippen LogP contribution in [0, 0.1) is 6.92 Å². The highest BCUT2D eigenvalue weighted by atomic mass is 28.3. The topological polar surface area (TPSA) is 72.0 Å². The Morgan fingerprint density at radius 1 is 0.654 bits per heavy atom. The molecule has 2 rings (SSSR count). The molecule has 0 saturated heterocycles. The van der Waals surface area contributed by atoms with Crippen molar-refractivity contribution in [3.63, 3.8) is 0 Å². The predicted molar refractivity (Wildman–Crippen MR) is 116 cm³/mol. The lowest BCUT2D eigenvalue weighted by Gasteiger charge is -2.26. The summed E-state index contributed by atoms with van der Waals surface area (Å²) in [5, 5.41) is 17.4. The maximum Gasteiger partial charge on any atom is 0.115 e. The van der Waals surface area contributed by atoms with E-state index in [0.29, 0.717) is 11.5 Å². The van der Waals surface area contributed by atoms with E-state index in [4.69, 9.17) is 10.2 Å². The van der Waals surface area contributed by atoms with E-state index in [-0.39, 0.29) is 14.3 Å². The summed E-state index contributed by atoms with van der Waals surface area (Å²) >= 11 is 0. The normalized spacial score (nSPS) is 9.96. The first kappa shape index (κ1) is 26.4. The lowest BCUT2D eigenvalue weighted by atomic mass is 10.2. The smallest absolute Gasteiger partial charge is 0.115 e. The van der Waals surface area contributed by atoms with Gasteiger partial charge in [-0.15, -0.1) is 0 Å². The number of hydrogen-bond donors (Lipinski definition) is 2. The molecule has 1 radical (unpaired) electrons. The van der Waals surface area contributed by atoms with Crippen molar-refractivity contribution in [3.05, 3.63) is 60.2 Å². The number of para-hydroxylation sites is 1. The van der Waals surface area contributed by atoms with Gasteiger partial charge in [0, 0.05) is 0 Å². The molecule has 0 aliphatic heterocycles. The van der Waals surface area contributed by atoms with Crippen LogP contribution in [0.25, 0.3) is 0 Å². The molecule has 0 aliphatic carbocycles. The second-order valence-electron chi connectivity index (χ2n) is 7.14. The SMILES string of the molecule is CC(C)[Si](C(C)C)C(C)C.Cc1cccc(O)c1.O.Oc1ccccc1. The minimum atomic E-state index is -0.0957. The molecule has 0 unspecified atom stereocenters. The first-order chi connectivity index (χ1) is 11.6. The summed E-state index contributed by atoms with van der Waals surface area (Å²) in [6.45, 7) is 16.2. The Morgan fingerprint density at radius 3 is 1.27 bits per heavy atom. The molecular formula is C22H37O3Si. The molecule has 0 atom stereocenters. The minimum absolute atomic E-state index is 0. The zero-order chi connectivity index (χ0) is 19.4. The Hall–Kier alpha value is -1.78. The van der Waals surface area contributed by atoms with E-state index in [2.05, 4.69) is 41.5 Å². The molecule has 0 aliphatic rings. The number of phenols is 2. The van der Waals surface area contributed by atoms with Crippen LogP contribution in [-0.2, 0) is 0 Å². The van der Waals surface area contributed by atoms with Crippen molar-refractivity contribution in [1.29, 1.82) is 0 Å². The molecule has 26 heavy (non-hydrogen) atoms. The molecule has 0 saturated carbocycles. The van der Waals surface area contributed by atoms with Crippen LogP contribution in [0.4, 0.5) is 0 Å². The molecule has 0 amide bonds. The Morgan fingerprint density at radius 2 is 1.08 bits per heavy atom. The highest BCUT2D eigenvalue weighted by Gasteiger charge is 2.22. The quantitative estimate of drug-likeness (QED) is 0.646. The molecule has 3 nitrogen and oxygen atoms in total. The number of phenolic OH excluding ortho intramolecular Hbond substituents is 2. The summed E-state index contributed by atoms with van der Waals surface area (Å²) in [6, 6.07) is 15.9. The van der Waals surface area contributed by atoms with Gasteiger partial charge in [0.2, 0.25) is 0 Å². The van der Waals surface area contributed by atoms with Gasteiger partial charge in [0.1, 0.15) is 11.5 Å². The lowest BCUT2D eigenvalue weighted by Crippen LogP contribution is -2.24. The van der Waals surface area contributed by atoms with Crippen molar-refractivity contribution < 1.29 is 15.7 Å². The number of benzene rings is 2. The van der Waals surface area contributed by atoms with E-state index in [1.165, 1.54) is 0 Å². The minimum Gasteiger partial charge on any atom is -0.508 e. The molecule has 2 aromatic rings. The fourth-order valence-electron chi connectivity index (χ4n) is 3.06. The van der Waals surface area contributed by atoms with Gasteiger partial charge in [0.05, 0.1) is 8.80 Å². The molecule has 2 aromatic carbocycles. The maximum atomic E-state index is 8.81. The number of aromatic hydroxyl groups is 2. The van der Waals surface area contributed by atoms with Crippen molar-refractivity contribution in [2.75, 3.05) is 0 Å². The Bertz CT molecular complexity index is 532. The molecule has 0 aromatic heterocycles. The maximum absolute atomic E-state index is 8.81. The Balaban J connectivity index is 0. The van der Waals surface area contributed by atoms with Gasteiger partial charge in [-0.3, -0.25) is 0 Å². The number of rotatable bonds is 3. The summed E-state index contributed by atoms with van der Waals surface area (Å²) in [6.07, 6.45) is 0. The van der Waals surface area contributed by atoms with Crippen LogP contribution in [-0.4, -0.2) is 24.5 Å². The third-order valence-electron chi connectivity index (χ3n) is 3.76. The van der Waals surface area contributed by atoms with Crippen molar-refractivity contribution in [2.45, 2.75) is 65.1 Å². The average molecular weight is 378 g/mol. The second kappa shape index (κ2) is 14.4. The fraction of sp³-hybridized carbons (Fsp3) is 0.455. The Labute approximate surface area is 161 Å². The average Bonchev–Trinajstić information content (AvgIpc) is 2.47. The number of aryl methyl sites for hydroxylation is 1. The van der Waals surface area contributed by atoms with E-state index >= 15 is 0 Å². The van der Waals surface area contributed by atoms with Crippen molar-refractivity contribution in [3.8, 4) is 11.5 Å². The van der Waals surface area contributed by atoms with Gasteiger partial charge in [0.15, 0.2) is 0 Å². The fourth-order valence-corrected chi connectivity index (χ4v) is 7.06. The molecule has 4 N–H and O–H groups in total. The molecule has 0 heterocycles. The monoisotopic (exact) mass is 377 g/mol. The molecule has 0 spiro atoms. The summed E-state index contributed by atoms with van der Waals surface area (Å²) < 4.78 is 0. The van der Waals surface area contributed by atoms with E-state index < -0.39 is 0 Å². The first-order valence-corrected chi connectivity index (χ1v) is 10.7. The van der Waals surface area contributed by atoms with E-state index in [1.807, 2.05) is 25.1 Å². The molecule has 0 bridgehead atoms. The van der Waals surface area contributed by atoms with Crippen LogP contribution in [0.5, 0.6) is 11.5 Å². The first-order valence-electron chi connectivity index (χ1n) is 9.01. The van der Waals surface area contributed by atoms with Gasteiger partial charge < -0.3 is 15.7 Å². The summed E-state index contributed by atoms with van der Waals surface area (Å²) in [5.41, 5.74) is 3.89. The summed E-state index contributed by atoms with van der Waals surface area (Å²) in [5.74, 6) is 0.660. The van der Waals surface area contributed by atoms with Gasteiger partial charge in [-0.1, -0.05) is 88.5 Å². The summed E-state index contributed by atoms with van der Waals surface area (Å²) in [7, 11) is -0.0957. The van der Waals surface area contributed by atoms with Gasteiger partial charge in [0.25, 0.3) is 0 Å². The summed E-state index contributed by atoms with van der Waals surface area (Å²) in [4.78, 5) is 0. The van der Waals surface area contributed by atoms with Gasteiger partial charge >= 0.3 is 0 Å². The van der Waals surface area contributed by atoms with Crippen molar-refractivity contribution >= 4 is 8.80 Å². The lowest BCUT2D eigenvalue weighted by molar-refractivity contribution is 0.474. The van der Waals surface area contributed by atoms with Gasteiger partial charge in [-0.05, 0) is 36.8 Å². The molecule has 4 heteroatoms. The van der Waals surface area contributed by atoms with Crippen molar-refractivity contribution in [1.82, 2.24) is 0 Å². The van der Waals surface area contributed by atoms with Crippen LogP contribution in [0.15, 0.2) is 54.6 Å². The zero-order valence-electron chi connectivity index (χ0n) is 17.3. The van der Waals surface area contributed by atoms with Crippen LogP contribution in [0.3, 0.4) is 0 Å². The molecule has 147 valence electrons. The molecule has 0 fully saturated rings. The third-order valence-corrected chi connectivity index (χ3v) is 7.76. The molecular weight excluding hydrogens is 340 g/mol. The third kappa shape index (κ3) is 12.6. The van der Waals surface area contributed by atoms with E-state index in [1.54, 1.807) is 36.4 Å². The standard InChI is InChI=1S/C9H21Si.C7H8O.C6H6O.H2O/c1-7(2)10(8(3)4)9(5)6;1-6-3-2-4-7(8)5-6;7-6-4-2-1-3-5-6;/h7-9H,1-6H3;2-5,8H,1H3;1-5,7H;1H2. The van der Waals surface area contributed by atoms with Gasteiger partial charge in [-0.2, -0.15) is 0 Å². The highest BCUT2D eigenvalue weighted by Crippen LogP contribution is 2.29. The number of hydrogen-bond acceptors (Lipinski definition) is 2. The van der Waals surface area contributed by atoms with Crippen LogP contribution < -0.4 is 0 Å². The van der Waals surface area contributed by atoms with Crippen LogP contribution in [0.2, 0.25) is 16.6 Å². The Kier molecular flexibility index (Phi) is 14.6. The zero-order valence-corrected chi connectivity index (χ0v) is 18.3. The predicted octanol–water partition coefficient (Wildman–Crippen LogP) is 5.98. The largest absolute Gasteiger partial charge is 0.508 e. The second-order valence-corrected chi connectivity index (χ2v) is 11.6. The van der Waals surface area contributed by atoms with Crippen LogP contribution >= 0.6 is 0 Å². The van der Waals surface area contributed by atoms with Crippen molar-refractivity contribution in [2.24, 2.45) is 0 Å².